The number of hydrogen-bond donors (Lipinski definition) is 1. The standard InChI is InChI=1S/C25H27FN4O2S/c1-16-27-22(23(33-16)17-7-3-2-4-8-17)25(32)30-10-6-5-9-21(30)12-20-14-29-13-19(26)11-18(15-31)24(29)28-20/h2-4,7-8,11,13-14,21-23,31H,5-6,9-10,12,15H2,1H3/t21-,22?,23?/m0/s1. The van der Waals surface area contributed by atoms with E-state index in [-0.39, 0.29) is 23.8 Å². The molecule has 33 heavy (non-hydrogen) atoms. The predicted octanol–water partition coefficient (Wildman–Crippen LogP) is 4.16. The maximum absolute atomic E-state index is 13.9. The van der Waals surface area contributed by atoms with Gasteiger partial charge >= 0.3 is 0 Å². The van der Waals surface area contributed by atoms with Crippen molar-refractivity contribution in [2.45, 2.75) is 56.5 Å². The molecule has 0 radical (unpaired) electrons. The number of rotatable bonds is 5. The third-order valence-corrected chi connectivity index (χ3v) is 7.69. The van der Waals surface area contributed by atoms with Crippen molar-refractivity contribution in [2.75, 3.05) is 6.54 Å². The molecule has 172 valence electrons. The fourth-order valence-corrected chi connectivity index (χ4v) is 6.07. The molecule has 0 saturated carbocycles. The van der Waals surface area contributed by atoms with Crippen LogP contribution in [-0.4, -0.2) is 49.0 Å². The number of halogens is 1. The molecule has 1 aromatic carbocycles. The van der Waals surface area contributed by atoms with E-state index in [0.717, 1.165) is 35.6 Å². The summed E-state index contributed by atoms with van der Waals surface area (Å²) in [5.74, 6) is -0.340. The van der Waals surface area contributed by atoms with Crippen LogP contribution in [0.1, 0.15) is 48.3 Å². The smallest absolute Gasteiger partial charge is 0.249 e. The number of aliphatic imine (C=N–C) groups is 1. The molecule has 0 spiro atoms. The molecule has 1 N–H and O–H groups in total. The maximum atomic E-state index is 13.9. The Balaban J connectivity index is 1.40. The Morgan fingerprint density at radius 3 is 2.85 bits per heavy atom. The van der Waals surface area contributed by atoms with Gasteiger partial charge in [-0.3, -0.25) is 9.79 Å². The molecule has 4 heterocycles. The topological polar surface area (TPSA) is 70.2 Å². The highest BCUT2D eigenvalue weighted by atomic mass is 32.2. The van der Waals surface area contributed by atoms with Gasteiger partial charge in [-0.05, 0) is 37.8 Å². The number of hydrogen-bond acceptors (Lipinski definition) is 5. The Kier molecular flexibility index (Phi) is 6.21. The third kappa shape index (κ3) is 4.42. The number of amides is 1. The molecule has 1 fully saturated rings. The summed E-state index contributed by atoms with van der Waals surface area (Å²) in [7, 11) is 0. The minimum Gasteiger partial charge on any atom is -0.392 e. The lowest BCUT2D eigenvalue weighted by Gasteiger charge is -2.37. The van der Waals surface area contributed by atoms with E-state index >= 15 is 0 Å². The normalized spacial score (nSPS) is 23.2. The van der Waals surface area contributed by atoms with Gasteiger partial charge in [-0.25, -0.2) is 9.37 Å². The van der Waals surface area contributed by atoms with Crippen LogP contribution < -0.4 is 0 Å². The molecule has 2 aromatic heterocycles. The molecular weight excluding hydrogens is 439 g/mol. The predicted molar refractivity (Wildman–Crippen MR) is 128 cm³/mol. The van der Waals surface area contributed by atoms with E-state index < -0.39 is 11.9 Å². The summed E-state index contributed by atoms with van der Waals surface area (Å²) in [5.41, 5.74) is 2.92. The van der Waals surface area contributed by atoms with Gasteiger partial charge in [0.2, 0.25) is 5.91 Å². The SMILES string of the molecule is CC1=NC(C(=O)N2CCCC[C@H]2Cc2cn3cc(F)cc(CO)c3n2)C(c2ccccc2)S1. The number of aliphatic hydroxyl groups excluding tert-OH is 1. The Labute approximate surface area is 196 Å². The number of benzene rings is 1. The van der Waals surface area contributed by atoms with E-state index in [1.165, 1.54) is 12.3 Å². The number of carbonyl (C=O) groups is 1. The molecule has 2 aliphatic heterocycles. The number of piperidine rings is 1. The molecule has 5 rings (SSSR count). The number of fused-ring (bicyclic) bond motifs is 1. The molecule has 1 saturated heterocycles. The Bertz CT molecular complexity index is 1200. The van der Waals surface area contributed by atoms with Crippen molar-refractivity contribution in [3.8, 4) is 0 Å². The first kappa shape index (κ1) is 22.1. The highest BCUT2D eigenvalue weighted by Crippen LogP contribution is 2.41. The molecule has 0 bridgehead atoms. The molecule has 3 atom stereocenters. The summed E-state index contributed by atoms with van der Waals surface area (Å²) in [4.78, 5) is 25.1. The monoisotopic (exact) mass is 466 g/mol. The summed E-state index contributed by atoms with van der Waals surface area (Å²) in [5, 5.41) is 10.5. The van der Waals surface area contributed by atoms with Gasteiger partial charge in [0.15, 0.2) is 0 Å². The maximum Gasteiger partial charge on any atom is 0.249 e. The van der Waals surface area contributed by atoms with Crippen molar-refractivity contribution >= 4 is 28.4 Å². The Morgan fingerprint density at radius 2 is 2.06 bits per heavy atom. The fourth-order valence-electron chi connectivity index (χ4n) is 4.93. The van der Waals surface area contributed by atoms with E-state index in [0.29, 0.717) is 24.2 Å². The lowest BCUT2D eigenvalue weighted by molar-refractivity contribution is -0.136. The molecule has 0 aliphatic carbocycles. The minimum absolute atomic E-state index is 0.00782. The van der Waals surface area contributed by atoms with Crippen LogP contribution in [0.15, 0.2) is 53.8 Å². The van der Waals surface area contributed by atoms with Crippen molar-refractivity contribution in [1.82, 2.24) is 14.3 Å². The number of pyridine rings is 1. The van der Waals surface area contributed by atoms with Gasteiger partial charge in [0.25, 0.3) is 0 Å². The van der Waals surface area contributed by atoms with Crippen LogP contribution >= 0.6 is 11.8 Å². The second-order valence-electron chi connectivity index (χ2n) is 8.73. The third-order valence-electron chi connectivity index (χ3n) is 6.46. The van der Waals surface area contributed by atoms with Gasteiger partial charge in [0.05, 0.1) is 22.6 Å². The van der Waals surface area contributed by atoms with E-state index in [4.69, 9.17) is 4.99 Å². The minimum atomic E-state index is -0.422. The summed E-state index contributed by atoms with van der Waals surface area (Å²) in [6.45, 7) is 2.41. The van der Waals surface area contributed by atoms with Crippen LogP contribution in [0.25, 0.3) is 5.65 Å². The number of nitrogens with zero attached hydrogens (tertiary/aromatic N) is 4. The average Bonchev–Trinajstić information content (AvgIpc) is 3.42. The highest BCUT2D eigenvalue weighted by molar-refractivity contribution is 8.14. The van der Waals surface area contributed by atoms with Gasteiger partial charge in [0.1, 0.15) is 17.5 Å². The van der Waals surface area contributed by atoms with Gasteiger partial charge < -0.3 is 14.4 Å². The van der Waals surface area contributed by atoms with Crippen LogP contribution in [0.4, 0.5) is 4.39 Å². The number of thioether (sulfide) groups is 1. The van der Waals surface area contributed by atoms with E-state index in [2.05, 4.69) is 17.1 Å². The van der Waals surface area contributed by atoms with Crippen LogP contribution in [0.2, 0.25) is 0 Å². The second-order valence-corrected chi connectivity index (χ2v) is 10.1. The molecule has 6 nitrogen and oxygen atoms in total. The van der Waals surface area contributed by atoms with Gasteiger partial charge in [-0.2, -0.15) is 0 Å². The Morgan fingerprint density at radius 1 is 1.24 bits per heavy atom. The summed E-state index contributed by atoms with van der Waals surface area (Å²) >= 11 is 1.66. The van der Waals surface area contributed by atoms with Crippen molar-refractivity contribution in [2.24, 2.45) is 4.99 Å². The first-order chi connectivity index (χ1) is 16.0. The zero-order chi connectivity index (χ0) is 22.9. The largest absolute Gasteiger partial charge is 0.392 e. The van der Waals surface area contributed by atoms with E-state index in [1.54, 1.807) is 22.4 Å². The highest BCUT2D eigenvalue weighted by Gasteiger charge is 2.40. The zero-order valence-corrected chi connectivity index (χ0v) is 19.3. The van der Waals surface area contributed by atoms with Crippen molar-refractivity contribution in [3.63, 3.8) is 0 Å². The van der Waals surface area contributed by atoms with E-state index in [1.807, 2.05) is 30.0 Å². The van der Waals surface area contributed by atoms with Crippen LogP contribution in [0, 0.1) is 5.82 Å². The number of aromatic nitrogens is 2. The van der Waals surface area contributed by atoms with Gasteiger partial charge in [-0.1, -0.05) is 30.3 Å². The van der Waals surface area contributed by atoms with Crippen LogP contribution in [-0.2, 0) is 17.8 Å². The number of carbonyl (C=O) groups excluding carboxylic acids is 1. The molecule has 1 amide bonds. The fraction of sp³-hybridized carbons (Fsp3) is 0.400. The first-order valence-electron chi connectivity index (χ1n) is 11.4. The summed E-state index contributed by atoms with van der Waals surface area (Å²) in [6.07, 6.45) is 6.70. The van der Waals surface area contributed by atoms with Crippen molar-refractivity contribution in [1.29, 1.82) is 0 Å². The summed E-state index contributed by atoms with van der Waals surface area (Å²) < 4.78 is 15.5. The zero-order valence-electron chi connectivity index (χ0n) is 18.5. The number of likely N-dealkylation sites (tertiary alicyclic amines) is 1. The Hall–Kier alpha value is -2.71. The number of imidazole rings is 1. The van der Waals surface area contributed by atoms with Crippen LogP contribution in [0.5, 0.6) is 0 Å². The lowest BCUT2D eigenvalue weighted by atomic mass is 9.96. The van der Waals surface area contributed by atoms with Gasteiger partial charge in [0, 0.05) is 37.0 Å². The van der Waals surface area contributed by atoms with Crippen LogP contribution in [0.3, 0.4) is 0 Å². The average molecular weight is 467 g/mol. The van der Waals surface area contributed by atoms with E-state index in [9.17, 15) is 14.3 Å². The molecular formula is C25H27FN4O2S. The second kappa shape index (κ2) is 9.27. The lowest BCUT2D eigenvalue weighted by Crippen LogP contribution is -2.49. The molecule has 2 unspecified atom stereocenters. The number of aliphatic hydroxyl groups is 1. The van der Waals surface area contributed by atoms with Gasteiger partial charge in [-0.15, -0.1) is 11.8 Å². The summed E-state index contributed by atoms with van der Waals surface area (Å²) in [6, 6.07) is 11.0. The molecule has 8 heteroatoms. The van der Waals surface area contributed by atoms with Crippen molar-refractivity contribution in [3.05, 3.63) is 71.4 Å². The molecule has 2 aliphatic rings. The molecule has 3 aromatic rings. The van der Waals surface area contributed by atoms with Crippen molar-refractivity contribution < 1.29 is 14.3 Å². The first-order valence-corrected chi connectivity index (χ1v) is 12.2. The quantitative estimate of drug-likeness (QED) is 0.613.